The van der Waals surface area contributed by atoms with Crippen molar-refractivity contribution in [1.29, 1.82) is 0 Å². The Labute approximate surface area is 172 Å². The maximum Gasteiger partial charge on any atom is 0.260 e. The zero-order chi connectivity index (χ0) is 20.9. The van der Waals surface area contributed by atoms with Crippen LogP contribution < -0.4 is 4.74 Å². The Hall–Kier alpha value is -2.64. The van der Waals surface area contributed by atoms with Gasteiger partial charge in [0.05, 0.1) is 0 Å². The lowest BCUT2D eigenvalue weighted by Gasteiger charge is -2.33. The van der Waals surface area contributed by atoms with Crippen LogP contribution in [0.15, 0.2) is 53.9 Å². The van der Waals surface area contributed by atoms with Gasteiger partial charge in [-0.1, -0.05) is 42.5 Å². The summed E-state index contributed by atoms with van der Waals surface area (Å²) in [5.74, 6) is 0.563. The first-order chi connectivity index (χ1) is 13.8. The highest BCUT2D eigenvalue weighted by molar-refractivity contribution is 7.92. The number of hydrogen-bond donors (Lipinski definition) is 0. The number of sulfonamides is 1. The molecule has 0 radical (unpaired) electrons. The van der Waals surface area contributed by atoms with Gasteiger partial charge in [-0.25, -0.2) is 8.42 Å². The third kappa shape index (κ3) is 5.68. The van der Waals surface area contributed by atoms with E-state index in [1.807, 2.05) is 62.4 Å². The second-order valence-electron chi connectivity index (χ2n) is 7.10. The average Bonchev–Trinajstić information content (AvgIpc) is 2.73. The summed E-state index contributed by atoms with van der Waals surface area (Å²) in [5, 5.41) is 1.23. The van der Waals surface area contributed by atoms with Crippen LogP contribution in [0.25, 0.3) is 6.08 Å². The number of piperazine rings is 1. The summed E-state index contributed by atoms with van der Waals surface area (Å²) in [6.07, 6.45) is 1.59. The second kappa shape index (κ2) is 9.24. The van der Waals surface area contributed by atoms with E-state index in [0.29, 0.717) is 18.8 Å². The van der Waals surface area contributed by atoms with Gasteiger partial charge in [0.2, 0.25) is 10.0 Å². The van der Waals surface area contributed by atoms with E-state index in [1.165, 1.54) is 9.71 Å². The molecule has 6 nitrogen and oxygen atoms in total. The molecule has 0 spiro atoms. The Morgan fingerprint density at radius 2 is 1.72 bits per heavy atom. The van der Waals surface area contributed by atoms with Gasteiger partial charge in [0.15, 0.2) is 6.61 Å². The molecule has 0 N–H and O–H groups in total. The lowest BCUT2D eigenvalue weighted by Crippen LogP contribution is -2.51. The molecule has 7 heteroatoms. The van der Waals surface area contributed by atoms with Crippen LogP contribution in [-0.2, 0) is 14.8 Å². The number of rotatable bonds is 6. The Morgan fingerprint density at radius 1 is 1.03 bits per heavy atom. The van der Waals surface area contributed by atoms with Crippen molar-refractivity contribution in [3.63, 3.8) is 0 Å². The first-order valence-electron chi connectivity index (χ1n) is 9.56. The van der Waals surface area contributed by atoms with E-state index in [4.69, 9.17) is 4.74 Å². The van der Waals surface area contributed by atoms with E-state index < -0.39 is 10.0 Å². The van der Waals surface area contributed by atoms with Crippen LogP contribution in [0.3, 0.4) is 0 Å². The molecule has 1 saturated heterocycles. The largest absolute Gasteiger partial charge is 0.483 e. The minimum atomic E-state index is -3.51. The van der Waals surface area contributed by atoms with Crippen molar-refractivity contribution >= 4 is 22.0 Å². The van der Waals surface area contributed by atoms with E-state index in [1.54, 1.807) is 11.0 Å². The van der Waals surface area contributed by atoms with Crippen molar-refractivity contribution in [2.24, 2.45) is 0 Å². The van der Waals surface area contributed by atoms with Crippen LogP contribution in [0, 0.1) is 13.8 Å². The van der Waals surface area contributed by atoms with Gasteiger partial charge in [0.1, 0.15) is 5.75 Å². The molecule has 154 valence electrons. The van der Waals surface area contributed by atoms with Gasteiger partial charge in [0.25, 0.3) is 5.91 Å². The number of aryl methyl sites for hydroxylation is 2. The molecule has 29 heavy (non-hydrogen) atoms. The number of amides is 1. The Morgan fingerprint density at radius 3 is 2.41 bits per heavy atom. The number of carbonyl (C=O) groups excluding carboxylic acids is 1. The van der Waals surface area contributed by atoms with Crippen LogP contribution in [0.4, 0.5) is 0 Å². The van der Waals surface area contributed by atoms with Gasteiger partial charge in [0, 0.05) is 31.6 Å². The molecular formula is C22H26N2O4S. The van der Waals surface area contributed by atoms with Crippen molar-refractivity contribution in [3.05, 3.63) is 70.6 Å². The fourth-order valence-electron chi connectivity index (χ4n) is 3.10. The molecule has 0 aromatic heterocycles. The highest BCUT2D eigenvalue weighted by Crippen LogP contribution is 2.19. The molecular weight excluding hydrogens is 388 g/mol. The first kappa shape index (κ1) is 21.1. The predicted octanol–water partition coefficient (Wildman–Crippen LogP) is 2.83. The lowest BCUT2D eigenvalue weighted by atomic mass is 10.1. The van der Waals surface area contributed by atoms with Crippen molar-refractivity contribution in [2.75, 3.05) is 32.8 Å². The summed E-state index contributed by atoms with van der Waals surface area (Å²) < 4.78 is 32.1. The smallest absolute Gasteiger partial charge is 0.260 e. The topological polar surface area (TPSA) is 66.9 Å². The van der Waals surface area contributed by atoms with Crippen molar-refractivity contribution in [2.45, 2.75) is 13.8 Å². The van der Waals surface area contributed by atoms with Gasteiger partial charge in [-0.3, -0.25) is 4.79 Å². The molecule has 1 aliphatic heterocycles. The minimum Gasteiger partial charge on any atom is -0.483 e. The summed E-state index contributed by atoms with van der Waals surface area (Å²) >= 11 is 0. The number of ether oxygens (including phenoxy) is 1. The van der Waals surface area contributed by atoms with Gasteiger partial charge in [-0.15, -0.1) is 0 Å². The Bertz CT molecular complexity index is 979. The number of hydrogen-bond acceptors (Lipinski definition) is 4. The predicted molar refractivity (Wildman–Crippen MR) is 114 cm³/mol. The molecule has 1 fully saturated rings. The van der Waals surface area contributed by atoms with E-state index >= 15 is 0 Å². The average molecular weight is 415 g/mol. The van der Waals surface area contributed by atoms with Gasteiger partial charge < -0.3 is 9.64 Å². The number of carbonyl (C=O) groups is 1. The summed E-state index contributed by atoms with van der Waals surface area (Å²) in [6.45, 7) is 5.12. The van der Waals surface area contributed by atoms with Gasteiger partial charge in [-0.05, 0) is 42.7 Å². The molecule has 0 atom stereocenters. The maximum atomic E-state index is 12.5. The summed E-state index contributed by atoms with van der Waals surface area (Å²) in [7, 11) is -3.51. The molecule has 1 heterocycles. The SMILES string of the molecule is Cc1ccc(C)c(OCC(=O)N2CCN(S(=O)(=O)C=Cc3ccccc3)CC2)c1. The zero-order valence-corrected chi connectivity index (χ0v) is 17.6. The van der Waals surface area contributed by atoms with Crippen LogP contribution in [0.2, 0.25) is 0 Å². The highest BCUT2D eigenvalue weighted by atomic mass is 32.2. The van der Waals surface area contributed by atoms with E-state index in [9.17, 15) is 13.2 Å². The van der Waals surface area contributed by atoms with Crippen LogP contribution >= 0.6 is 0 Å². The monoisotopic (exact) mass is 414 g/mol. The molecule has 0 unspecified atom stereocenters. The minimum absolute atomic E-state index is 0.0506. The molecule has 0 bridgehead atoms. The standard InChI is InChI=1S/C22H26N2O4S/c1-18-8-9-19(2)21(16-18)28-17-22(25)23-11-13-24(14-12-23)29(26,27)15-10-20-6-4-3-5-7-20/h3-10,15-16H,11-14,17H2,1-2H3. The quantitative estimate of drug-likeness (QED) is 0.729. The second-order valence-corrected chi connectivity index (χ2v) is 8.91. The van der Waals surface area contributed by atoms with Crippen molar-refractivity contribution in [1.82, 2.24) is 9.21 Å². The van der Waals surface area contributed by atoms with Crippen LogP contribution in [-0.4, -0.2) is 56.3 Å². The molecule has 1 aliphatic rings. The normalized spacial score (nSPS) is 15.6. The van der Waals surface area contributed by atoms with Gasteiger partial charge >= 0.3 is 0 Å². The van der Waals surface area contributed by atoms with Gasteiger partial charge in [-0.2, -0.15) is 4.31 Å². The zero-order valence-electron chi connectivity index (χ0n) is 16.7. The van der Waals surface area contributed by atoms with Crippen molar-refractivity contribution in [3.8, 4) is 5.75 Å². The molecule has 1 amide bonds. The molecule has 2 aromatic rings. The summed E-state index contributed by atoms with van der Waals surface area (Å²) in [4.78, 5) is 14.1. The molecule has 3 rings (SSSR count). The molecule has 0 saturated carbocycles. The fourth-order valence-corrected chi connectivity index (χ4v) is 4.27. The van der Waals surface area contributed by atoms with Crippen LogP contribution in [0.5, 0.6) is 5.75 Å². The van der Waals surface area contributed by atoms with Crippen molar-refractivity contribution < 1.29 is 17.9 Å². The Balaban J connectivity index is 1.52. The number of benzene rings is 2. The summed E-state index contributed by atoms with van der Waals surface area (Å²) in [6, 6.07) is 15.2. The molecule has 2 aromatic carbocycles. The molecule has 0 aliphatic carbocycles. The lowest BCUT2D eigenvalue weighted by molar-refractivity contribution is -0.134. The first-order valence-corrected chi connectivity index (χ1v) is 11.1. The van der Waals surface area contributed by atoms with E-state index in [2.05, 4.69) is 0 Å². The summed E-state index contributed by atoms with van der Waals surface area (Å²) in [5.41, 5.74) is 2.87. The highest BCUT2D eigenvalue weighted by Gasteiger charge is 2.27. The Kier molecular flexibility index (Phi) is 6.71. The van der Waals surface area contributed by atoms with Crippen LogP contribution in [0.1, 0.15) is 16.7 Å². The number of nitrogens with zero attached hydrogens (tertiary/aromatic N) is 2. The third-order valence-electron chi connectivity index (χ3n) is 4.88. The maximum absolute atomic E-state index is 12.5. The van der Waals surface area contributed by atoms with E-state index in [0.717, 1.165) is 16.7 Å². The van der Waals surface area contributed by atoms with E-state index in [-0.39, 0.29) is 25.6 Å². The fraction of sp³-hybridized carbons (Fsp3) is 0.318. The third-order valence-corrected chi connectivity index (χ3v) is 6.44.